The van der Waals surface area contributed by atoms with Crippen molar-refractivity contribution >= 4 is 16.9 Å². The molecule has 0 amide bonds. The molecule has 7 nitrogen and oxygen atoms in total. The van der Waals surface area contributed by atoms with E-state index in [0.717, 1.165) is 6.07 Å². The van der Waals surface area contributed by atoms with Gasteiger partial charge in [0.2, 0.25) is 11.5 Å². The van der Waals surface area contributed by atoms with E-state index in [1.165, 1.54) is 12.3 Å². The van der Waals surface area contributed by atoms with Crippen molar-refractivity contribution in [2.24, 2.45) is 0 Å². The SMILES string of the molecule is Cc1nc2nonc2c(N)c1Cc1ccc(OC(F)(F)F)nc1. The third-order valence-electron chi connectivity index (χ3n) is 3.16. The van der Waals surface area contributed by atoms with Gasteiger partial charge in [0.15, 0.2) is 5.52 Å². The van der Waals surface area contributed by atoms with Crippen LogP contribution in [-0.4, -0.2) is 26.6 Å². The summed E-state index contributed by atoms with van der Waals surface area (Å²) in [6, 6.07) is 2.61. The van der Waals surface area contributed by atoms with E-state index in [0.29, 0.717) is 40.1 Å². The van der Waals surface area contributed by atoms with Crippen LogP contribution in [0.1, 0.15) is 16.8 Å². The molecule has 3 rings (SSSR count). The minimum Gasteiger partial charge on any atom is -0.396 e. The number of alkyl halides is 3. The van der Waals surface area contributed by atoms with Crippen molar-refractivity contribution in [1.29, 1.82) is 0 Å². The molecule has 0 bridgehead atoms. The molecule has 0 radical (unpaired) electrons. The predicted octanol–water partition coefficient (Wildman–Crippen LogP) is 2.39. The van der Waals surface area contributed by atoms with Gasteiger partial charge in [0.25, 0.3) is 0 Å². The molecular weight excluding hydrogens is 315 g/mol. The number of pyridine rings is 2. The number of aryl methyl sites for hydroxylation is 1. The average molecular weight is 325 g/mol. The summed E-state index contributed by atoms with van der Waals surface area (Å²) >= 11 is 0. The Morgan fingerprint density at radius 2 is 2.04 bits per heavy atom. The summed E-state index contributed by atoms with van der Waals surface area (Å²) in [4.78, 5) is 7.84. The van der Waals surface area contributed by atoms with Gasteiger partial charge in [0.05, 0.1) is 5.69 Å². The van der Waals surface area contributed by atoms with E-state index in [2.05, 4.69) is 29.6 Å². The Labute approximate surface area is 127 Å². The summed E-state index contributed by atoms with van der Waals surface area (Å²) in [6.07, 6.45) is -3.16. The highest BCUT2D eigenvalue weighted by Gasteiger charge is 2.31. The maximum Gasteiger partial charge on any atom is 0.574 e. The molecule has 120 valence electrons. The fourth-order valence-electron chi connectivity index (χ4n) is 2.11. The Hall–Kier alpha value is -2.91. The van der Waals surface area contributed by atoms with Crippen LogP contribution in [0.25, 0.3) is 11.2 Å². The Morgan fingerprint density at radius 1 is 1.26 bits per heavy atom. The molecule has 0 fully saturated rings. The van der Waals surface area contributed by atoms with Crippen LogP contribution < -0.4 is 10.5 Å². The molecule has 0 aliphatic carbocycles. The van der Waals surface area contributed by atoms with Crippen molar-refractivity contribution in [3.63, 3.8) is 0 Å². The van der Waals surface area contributed by atoms with Crippen LogP contribution >= 0.6 is 0 Å². The molecule has 3 heterocycles. The van der Waals surface area contributed by atoms with E-state index in [-0.39, 0.29) is 0 Å². The van der Waals surface area contributed by atoms with Crippen molar-refractivity contribution in [1.82, 2.24) is 20.3 Å². The van der Waals surface area contributed by atoms with Gasteiger partial charge < -0.3 is 10.5 Å². The lowest BCUT2D eigenvalue weighted by atomic mass is 10.0. The Kier molecular flexibility index (Phi) is 3.51. The number of nitrogens with two attached hydrogens (primary N) is 1. The molecule has 0 saturated heterocycles. The normalized spacial score (nSPS) is 11.8. The molecule has 0 saturated carbocycles. The maximum atomic E-state index is 12.1. The quantitative estimate of drug-likeness (QED) is 0.789. The zero-order valence-corrected chi connectivity index (χ0v) is 11.8. The van der Waals surface area contributed by atoms with Gasteiger partial charge in [-0.2, -0.15) is 0 Å². The third kappa shape index (κ3) is 3.15. The number of halogens is 3. The summed E-state index contributed by atoms with van der Waals surface area (Å²) in [6.45, 7) is 1.74. The third-order valence-corrected chi connectivity index (χ3v) is 3.16. The molecule has 0 atom stereocenters. The summed E-state index contributed by atoms with van der Waals surface area (Å²) in [5, 5.41) is 7.30. The zero-order chi connectivity index (χ0) is 16.6. The first-order chi connectivity index (χ1) is 10.8. The number of fused-ring (bicyclic) bond motifs is 1. The lowest BCUT2D eigenvalue weighted by Gasteiger charge is -2.10. The molecule has 2 N–H and O–H groups in total. The van der Waals surface area contributed by atoms with Gasteiger partial charge >= 0.3 is 6.36 Å². The molecule has 0 unspecified atom stereocenters. The largest absolute Gasteiger partial charge is 0.574 e. The second kappa shape index (κ2) is 5.38. The molecule has 0 aliphatic rings. The highest BCUT2D eigenvalue weighted by atomic mass is 19.4. The number of aromatic nitrogens is 4. The number of anilines is 1. The fraction of sp³-hybridized carbons (Fsp3) is 0.231. The molecule has 0 spiro atoms. The van der Waals surface area contributed by atoms with Crippen molar-refractivity contribution in [2.75, 3.05) is 5.73 Å². The van der Waals surface area contributed by atoms with Gasteiger partial charge in [-0.15, -0.1) is 13.2 Å². The van der Waals surface area contributed by atoms with Gasteiger partial charge in [-0.3, -0.25) is 0 Å². The van der Waals surface area contributed by atoms with Crippen molar-refractivity contribution < 1.29 is 22.5 Å². The first-order valence-electron chi connectivity index (χ1n) is 6.41. The van der Waals surface area contributed by atoms with Gasteiger partial charge in [0, 0.05) is 29.9 Å². The lowest BCUT2D eigenvalue weighted by Crippen LogP contribution is -2.17. The molecule has 0 aromatic carbocycles. The van der Waals surface area contributed by atoms with Gasteiger partial charge in [-0.05, 0) is 22.8 Å². The van der Waals surface area contributed by atoms with Crippen LogP contribution in [0.2, 0.25) is 0 Å². The first-order valence-corrected chi connectivity index (χ1v) is 6.41. The smallest absolute Gasteiger partial charge is 0.396 e. The fourth-order valence-corrected chi connectivity index (χ4v) is 2.11. The van der Waals surface area contributed by atoms with Crippen molar-refractivity contribution in [3.05, 3.63) is 35.2 Å². The standard InChI is InChI=1S/C13H10F3N5O2/c1-6-8(10(17)11-12(19-6)21-23-20-11)4-7-2-3-9(18-5-7)22-13(14,15)16/h2-3,5H,4,17H2,1H3. The lowest BCUT2D eigenvalue weighted by molar-refractivity contribution is -0.276. The van der Waals surface area contributed by atoms with E-state index in [1.807, 2.05) is 0 Å². The average Bonchev–Trinajstić information content (AvgIpc) is 2.92. The van der Waals surface area contributed by atoms with E-state index < -0.39 is 12.2 Å². The van der Waals surface area contributed by atoms with Crippen molar-refractivity contribution in [2.45, 2.75) is 19.7 Å². The minimum atomic E-state index is -4.77. The van der Waals surface area contributed by atoms with E-state index >= 15 is 0 Å². The van der Waals surface area contributed by atoms with Crippen LogP contribution in [0.3, 0.4) is 0 Å². The minimum absolute atomic E-state index is 0.302. The highest BCUT2D eigenvalue weighted by molar-refractivity contribution is 5.85. The predicted molar refractivity (Wildman–Crippen MR) is 72.5 cm³/mol. The number of nitrogen functional groups attached to an aromatic ring is 1. The molecular formula is C13H10F3N5O2. The van der Waals surface area contributed by atoms with Gasteiger partial charge in [-0.1, -0.05) is 6.07 Å². The number of nitrogens with zero attached hydrogens (tertiary/aromatic N) is 4. The van der Waals surface area contributed by atoms with E-state index in [9.17, 15) is 13.2 Å². The Morgan fingerprint density at radius 3 is 2.70 bits per heavy atom. The van der Waals surface area contributed by atoms with Crippen LogP contribution in [0.15, 0.2) is 23.0 Å². The molecule has 3 aromatic heterocycles. The van der Waals surface area contributed by atoms with Crippen LogP contribution in [0, 0.1) is 6.92 Å². The topological polar surface area (TPSA) is 100.0 Å². The second-order valence-corrected chi connectivity index (χ2v) is 4.76. The van der Waals surface area contributed by atoms with Crippen molar-refractivity contribution in [3.8, 4) is 5.88 Å². The summed E-state index contributed by atoms with van der Waals surface area (Å²) in [5.74, 6) is -0.528. The molecule has 3 aromatic rings. The number of hydrogen-bond donors (Lipinski definition) is 1. The highest BCUT2D eigenvalue weighted by Crippen LogP contribution is 2.26. The monoisotopic (exact) mass is 325 g/mol. The summed E-state index contributed by atoms with van der Waals surface area (Å²) < 4.78 is 44.6. The van der Waals surface area contributed by atoms with Crippen LogP contribution in [0.5, 0.6) is 5.88 Å². The molecule has 10 heteroatoms. The summed E-state index contributed by atoms with van der Waals surface area (Å²) in [7, 11) is 0. The Bertz CT molecular complexity index is 845. The molecule has 23 heavy (non-hydrogen) atoms. The van der Waals surface area contributed by atoms with Crippen LogP contribution in [-0.2, 0) is 6.42 Å². The first kappa shape index (κ1) is 15.0. The van der Waals surface area contributed by atoms with Gasteiger partial charge in [-0.25, -0.2) is 14.6 Å². The number of rotatable bonds is 3. The molecule has 0 aliphatic heterocycles. The van der Waals surface area contributed by atoms with E-state index in [1.54, 1.807) is 6.92 Å². The zero-order valence-electron chi connectivity index (χ0n) is 11.8. The maximum absolute atomic E-state index is 12.1. The van der Waals surface area contributed by atoms with Gasteiger partial charge in [0.1, 0.15) is 0 Å². The second-order valence-electron chi connectivity index (χ2n) is 4.76. The summed E-state index contributed by atoms with van der Waals surface area (Å²) in [5.41, 5.74) is 8.99. The number of hydrogen-bond acceptors (Lipinski definition) is 7. The van der Waals surface area contributed by atoms with E-state index in [4.69, 9.17) is 5.73 Å². The Balaban J connectivity index is 1.87. The van der Waals surface area contributed by atoms with Crippen LogP contribution in [0.4, 0.5) is 18.9 Å². The number of ether oxygens (including phenoxy) is 1.